The van der Waals surface area contributed by atoms with E-state index in [1.54, 1.807) is 0 Å². The molecule has 1 aliphatic carbocycles. The average molecular weight is 277 g/mol. The zero-order valence-corrected chi connectivity index (χ0v) is 11.3. The summed E-state index contributed by atoms with van der Waals surface area (Å²) >= 11 is 0. The Morgan fingerprint density at radius 3 is 2.60 bits per heavy atom. The number of nitrogens with zero attached hydrogens (tertiary/aromatic N) is 2. The van der Waals surface area contributed by atoms with Crippen LogP contribution in [0, 0.1) is 6.92 Å². The van der Waals surface area contributed by atoms with Crippen molar-refractivity contribution >= 4 is 0 Å². The van der Waals surface area contributed by atoms with Crippen LogP contribution >= 0.6 is 0 Å². The number of halogens is 2. The Morgan fingerprint density at radius 2 is 2.00 bits per heavy atom. The van der Waals surface area contributed by atoms with Gasteiger partial charge in [0.1, 0.15) is 5.69 Å². The normalized spacial score (nSPS) is 15.0. The molecule has 0 radical (unpaired) electrons. The van der Waals surface area contributed by atoms with E-state index in [2.05, 4.69) is 10.4 Å². The third-order valence-corrected chi connectivity index (χ3v) is 3.53. The average Bonchev–Trinajstić information content (AvgIpc) is 3.15. The van der Waals surface area contributed by atoms with Gasteiger partial charge in [0.05, 0.1) is 11.9 Å². The first kappa shape index (κ1) is 13.2. The van der Waals surface area contributed by atoms with Gasteiger partial charge in [-0.1, -0.05) is 17.7 Å². The van der Waals surface area contributed by atoms with Gasteiger partial charge in [0.25, 0.3) is 6.43 Å². The first-order chi connectivity index (χ1) is 9.65. The number of hydrogen-bond acceptors (Lipinski definition) is 2. The first-order valence-corrected chi connectivity index (χ1v) is 6.80. The number of rotatable bonds is 5. The maximum Gasteiger partial charge on any atom is 0.280 e. The lowest BCUT2D eigenvalue weighted by atomic mass is 10.2. The third-order valence-electron chi connectivity index (χ3n) is 3.53. The molecule has 1 aromatic heterocycles. The van der Waals surface area contributed by atoms with Crippen molar-refractivity contribution in [2.75, 3.05) is 0 Å². The van der Waals surface area contributed by atoms with Crippen molar-refractivity contribution in [1.82, 2.24) is 15.1 Å². The molecule has 0 aliphatic heterocycles. The number of nitrogens with one attached hydrogen (secondary N) is 1. The summed E-state index contributed by atoms with van der Waals surface area (Å²) in [6.45, 7) is 2.42. The molecule has 2 aromatic rings. The lowest BCUT2D eigenvalue weighted by molar-refractivity contribution is 0.141. The smallest absolute Gasteiger partial charge is 0.280 e. The number of benzene rings is 1. The van der Waals surface area contributed by atoms with Crippen LogP contribution in [0.2, 0.25) is 0 Å². The van der Waals surface area contributed by atoms with Crippen LogP contribution in [-0.4, -0.2) is 15.8 Å². The van der Waals surface area contributed by atoms with Gasteiger partial charge in [-0.3, -0.25) is 0 Å². The molecular formula is C15H17F2N3. The summed E-state index contributed by atoms with van der Waals surface area (Å²) in [6, 6.07) is 7.91. The van der Waals surface area contributed by atoms with E-state index in [0.29, 0.717) is 23.8 Å². The van der Waals surface area contributed by atoms with E-state index in [9.17, 15) is 8.78 Å². The lowest BCUT2D eigenvalue weighted by Crippen LogP contribution is -2.16. The SMILES string of the molecule is Cc1ccc(-n2ncc(CNC3CC3)c2C(F)F)cc1. The third kappa shape index (κ3) is 2.72. The van der Waals surface area contributed by atoms with Gasteiger partial charge in [-0.05, 0) is 31.9 Å². The molecule has 1 aromatic carbocycles. The van der Waals surface area contributed by atoms with E-state index in [-0.39, 0.29) is 5.69 Å². The van der Waals surface area contributed by atoms with Crippen molar-refractivity contribution < 1.29 is 8.78 Å². The van der Waals surface area contributed by atoms with E-state index >= 15 is 0 Å². The van der Waals surface area contributed by atoms with Crippen LogP contribution in [0.1, 0.15) is 36.1 Å². The van der Waals surface area contributed by atoms with Crippen LogP contribution in [-0.2, 0) is 6.54 Å². The maximum atomic E-state index is 13.3. The van der Waals surface area contributed by atoms with E-state index in [1.807, 2.05) is 31.2 Å². The van der Waals surface area contributed by atoms with Gasteiger partial charge in [0.15, 0.2) is 0 Å². The summed E-state index contributed by atoms with van der Waals surface area (Å²) in [7, 11) is 0. The van der Waals surface area contributed by atoms with Crippen LogP contribution in [0.4, 0.5) is 8.78 Å². The van der Waals surface area contributed by atoms with Crippen molar-refractivity contribution in [1.29, 1.82) is 0 Å². The van der Waals surface area contributed by atoms with E-state index in [0.717, 1.165) is 18.4 Å². The van der Waals surface area contributed by atoms with Gasteiger partial charge >= 0.3 is 0 Å². The van der Waals surface area contributed by atoms with Crippen LogP contribution in [0.5, 0.6) is 0 Å². The molecule has 1 fully saturated rings. The molecule has 1 saturated carbocycles. The van der Waals surface area contributed by atoms with Crippen LogP contribution in [0.15, 0.2) is 30.5 Å². The first-order valence-electron chi connectivity index (χ1n) is 6.80. The van der Waals surface area contributed by atoms with Gasteiger partial charge < -0.3 is 5.32 Å². The summed E-state index contributed by atoms with van der Waals surface area (Å²) in [5, 5.41) is 7.39. The fraction of sp³-hybridized carbons (Fsp3) is 0.400. The van der Waals surface area contributed by atoms with Gasteiger partial charge in [0.2, 0.25) is 0 Å². The predicted octanol–water partition coefficient (Wildman–Crippen LogP) is 3.37. The quantitative estimate of drug-likeness (QED) is 0.908. The molecule has 0 unspecified atom stereocenters. The molecule has 1 aliphatic rings. The molecule has 0 amide bonds. The van der Waals surface area contributed by atoms with Crippen molar-refractivity contribution in [3.8, 4) is 5.69 Å². The lowest BCUT2D eigenvalue weighted by Gasteiger charge is -2.09. The summed E-state index contributed by atoms with van der Waals surface area (Å²) in [4.78, 5) is 0. The summed E-state index contributed by atoms with van der Waals surface area (Å²) in [5.74, 6) is 0. The molecular weight excluding hydrogens is 260 g/mol. The Bertz CT molecular complexity index is 586. The van der Waals surface area contributed by atoms with Crippen molar-refractivity contribution in [2.24, 2.45) is 0 Å². The Kier molecular flexibility index (Phi) is 3.53. The monoisotopic (exact) mass is 277 g/mol. The minimum Gasteiger partial charge on any atom is -0.310 e. The number of alkyl halides is 2. The zero-order chi connectivity index (χ0) is 14.1. The van der Waals surface area contributed by atoms with Crippen molar-refractivity contribution in [3.05, 3.63) is 47.3 Å². The molecule has 0 bridgehead atoms. The van der Waals surface area contributed by atoms with Gasteiger partial charge in [-0.15, -0.1) is 0 Å². The van der Waals surface area contributed by atoms with Crippen LogP contribution in [0.25, 0.3) is 5.69 Å². The Balaban J connectivity index is 1.91. The highest BCUT2D eigenvalue weighted by molar-refractivity contribution is 5.37. The van der Waals surface area contributed by atoms with Gasteiger partial charge in [-0.2, -0.15) is 5.10 Å². The van der Waals surface area contributed by atoms with Crippen LogP contribution in [0.3, 0.4) is 0 Å². The predicted molar refractivity (Wildman–Crippen MR) is 73.1 cm³/mol. The molecule has 3 nitrogen and oxygen atoms in total. The highest BCUT2D eigenvalue weighted by Gasteiger charge is 2.24. The number of aryl methyl sites for hydroxylation is 1. The second-order valence-electron chi connectivity index (χ2n) is 5.26. The number of aromatic nitrogens is 2. The molecule has 5 heteroatoms. The molecule has 106 valence electrons. The molecule has 3 rings (SSSR count). The standard InChI is InChI=1S/C15H17F2N3/c1-10-2-6-13(7-3-10)20-14(15(16)17)11(9-19-20)8-18-12-4-5-12/h2-3,6-7,9,12,15,18H,4-5,8H2,1H3. The van der Waals surface area contributed by atoms with E-state index < -0.39 is 6.43 Å². The molecule has 0 atom stereocenters. The Labute approximate surface area is 116 Å². The van der Waals surface area contributed by atoms with Crippen molar-refractivity contribution in [2.45, 2.75) is 38.8 Å². The Morgan fingerprint density at radius 1 is 1.30 bits per heavy atom. The minimum atomic E-state index is -2.53. The van der Waals surface area contributed by atoms with E-state index in [4.69, 9.17) is 0 Å². The summed E-state index contributed by atoms with van der Waals surface area (Å²) in [6.07, 6.45) is 1.28. The van der Waals surface area contributed by atoms with Gasteiger partial charge in [-0.25, -0.2) is 13.5 Å². The molecule has 1 N–H and O–H groups in total. The fourth-order valence-corrected chi connectivity index (χ4v) is 2.19. The molecule has 0 saturated heterocycles. The summed E-state index contributed by atoms with van der Waals surface area (Å²) < 4.78 is 28.0. The largest absolute Gasteiger partial charge is 0.310 e. The highest BCUT2D eigenvalue weighted by atomic mass is 19.3. The molecule has 20 heavy (non-hydrogen) atoms. The fourth-order valence-electron chi connectivity index (χ4n) is 2.19. The second-order valence-corrected chi connectivity index (χ2v) is 5.26. The van der Waals surface area contributed by atoms with Gasteiger partial charge in [0, 0.05) is 18.2 Å². The topological polar surface area (TPSA) is 29.9 Å². The molecule has 1 heterocycles. The minimum absolute atomic E-state index is 0.0120. The Hall–Kier alpha value is -1.75. The summed E-state index contributed by atoms with van der Waals surface area (Å²) in [5.41, 5.74) is 2.33. The molecule has 0 spiro atoms. The highest BCUT2D eigenvalue weighted by Crippen LogP contribution is 2.27. The van der Waals surface area contributed by atoms with Crippen molar-refractivity contribution in [3.63, 3.8) is 0 Å². The maximum absolute atomic E-state index is 13.3. The van der Waals surface area contributed by atoms with E-state index in [1.165, 1.54) is 10.9 Å². The van der Waals surface area contributed by atoms with Crippen LogP contribution < -0.4 is 5.32 Å². The zero-order valence-electron chi connectivity index (χ0n) is 11.3. The number of hydrogen-bond donors (Lipinski definition) is 1. The second kappa shape index (κ2) is 5.32.